The number of ether oxygens (including phenoxy) is 1. The van der Waals surface area contributed by atoms with Gasteiger partial charge < -0.3 is 19.9 Å². The van der Waals surface area contributed by atoms with Gasteiger partial charge >= 0.3 is 0 Å². The molecule has 0 aromatic carbocycles. The smallest absolute Gasteiger partial charge is 0.254 e. The molecule has 3 heterocycles. The summed E-state index contributed by atoms with van der Waals surface area (Å²) in [5.41, 5.74) is 0.744. The van der Waals surface area contributed by atoms with Crippen LogP contribution in [0, 0.1) is 0 Å². The Bertz CT molecular complexity index is 506. The highest BCUT2D eigenvalue weighted by atomic mass is 32.1. The summed E-state index contributed by atoms with van der Waals surface area (Å²) in [4.78, 5) is 28.2. The van der Waals surface area contributed by atoms with Crippen molar-refractivity contribution in [3.8, 4) is 0 Å². The molecule has 0 aliphatic carbocycles. The first kappa shape index (κ1) is 15.5. The highest BCUT2D eigenvalue weighted by Gasteiger charge is 2.26. The van der Waals surface area contributed by atoms with Crippen LogP contribution >= 0.6 is 11.3 Å². The van der Waals surface area contributed by atoms with Gasteiger partial charge in [0.05, 0.1) is 18.8 Å². The summed E-state index contributed by atoms with van der Waals surface area (Å²) in [6.45, 7) is 4.56. The average molecular weight is 323 g/mol. The summed E-state index contributed by atoms with van der Waals surface area (Å²) in [6, 6.07) is 1.96. The van der Waals surface area contributed by atoms with E-state index in [9.17, 15) is 9.59 Å². The predicted molar refractivity (Wildman–Crippen MR) is 84.0 cm³/mol. The van der Waals surface area contributed by atoms with Gasteiger partial charge in [-0.15, -0.1) is 0 Å². The molecule has 1 atom stereocenters. The van der Waals surface area contributed by atoms with Gasteiger partial charge in [-0.25, -0.2) is 0 Å². The highest BCUT2D eigenvalue weighted by Crippen LogP contribution is 2.13. The summed E-state index contributed by atoms with van der Waals surface area (Å²) in [6.07, 6.45) is 0.471. The maximum atomic E-state index is 12.3. The molecule has 0 spiro atoms. The average Bonchev–Trinajstić information content (AvgIpc) is 3.10. The van der Waals surface area contributed by atoms with Crippen LogP contribution < -0.4 is 5.32 Å². The van der Waals surface area contributed by atoms with E-state index < -0.39 is 0 Å². The van der Waals surface area contributed by atoms with E-state index in [-0.39, 0.29) is 17.9 Å². The molecule has 1 N–H and O–H groups in total. The van der Waals surface area contributed by atoms with Gasteiger partial charge in [-0.05, 0) is 11.4 Å². The van der Waals surface area contributed by atoms with Gasteiger partial charge in [0.2, 0.25) is 5.91 Å². The van der Waals surface area contributed by atoms with E-state index in [1.54, 1.807) is 0 Å². The predicted octanol–water partition coefficient (Wildman–Crippen LogP) is 0.411. The Morgan fingerprint density at radius 1 is 1.27 bits per heavy atom. The van der Waals surface area contributed by atoms with E-state index in [4.69, 9.17) is 4.74 Å². The van der Waals surface area contributed by atoms with Crippen molar-refractivity contribution in [3.05, 3.63) is 22.4 Å². The lowest BCUT2D eigenvalue weighted by Gasteiger charge is -2.35. The summed E-state index contributed by atoms with van der Waals surface area (Å²) in [5, 5.41) is 7.08. The van der Waals surface area contributed by atoms with E-state index >= 15 is 0 Å². The molecular formula is C15H21N3O3S. The number of amides is 2. The molecule has 6 nitrogen and oxygen atoms in total. The SMILES string of the molecule is O=C(CC1COCCN1)N1CCN(C(=O)c2ccsc2)CC1. The lowest BCUT2D eigenvalue weighted by molar-refractivity contribution is -0.133. The molecule has 120 valence electrons. The molecule has 1 aromatic heterocycles. The molecule has 2 fully saturated rings. The fourth-order valence-corrected chi connectivity index (χ4v) is 3.45. The van der Waals surface area contributed by atoms with Gasteiger partial charge in [-0.2, -0.15) is 11.3 Å². The van der Waals surface area contributed by atoms with Crippen molar-refractivity contribution >= 4 is 23.2 Å². The van der Waals surface area contributed by atoms with Crippen molar-refractivity contribution in [2.24, 2.45) is 0 Å². The second kappa shape index (κ2) is 7.21. The Labute approximate surface area is 134 Å². The molecular weight excluding hydrogens is 302 g/mol. The van der Waals surface area contributed by atoms with E-state index in [0.717, 1.165) is 12.1 Å². The zero-order valence-electron chi connectivity index (χ0n) is 12.5. The molecule has 2 aliphatic rings. The zero-order chi connectivity index (χ0) is 15.4. The molecule has 0 saturated carbocycles. The summed E-state index contributed by atoms with van der Waals surface area (Å²) in [7, 11) is 0. The number of carbonyl (C=O) groups excluding carboxylic acids is 2. The number of piperazine rings is 1. The Morgan fingerprint density at radius 3 is 2.68 bits per heavy atom. The van der Waals surface area contributed by atoms with E-state index in [0.29, 0.717) is 45.8 Å². The molecule has 2 aliphatic heterocycles. The van der Waals surface area contributed by atoms with Crippen LogP contribution in [0.2, 0.25) is 0 Å². The van der Waals surface area contributed by atoms with Crippen LogP contribution in [-0.2, 0) is 9.53 Å². The molecule has 3 rings (SSSR count). The van der Waals surface area contributed by atoms with E-state index in [2.05, 4.69) is 5.32 Å². The topological polar surface area (TPSA) is 61.9 Å². The molecule has 2 saturated heterocycles. The van der Waals surface area contributed by atoms with Gasteiger partial charge in [-0.1, -0.05) is 0 Å². The van der Waals surface area contributed by atoms with Crippen LogP contribution in [0.1, 0.15) is 16.8 Å². The second-order valence-electron chi connectivity index (χ2n) is 5.62. The third-order valence-corrected chi connectivity index (χ3v) is 4.79. The van der Waals surface area contributed by atoms with Gasteiger partial charge in [0, 0.05) is 50.6 Å². The fourth-order valence-electron chi connectivity index (χ4n) is 2.82. The third kappa shape index (κ3) is 3.66. The summed E-state index contributed by atoms with van der Waals surface area (Å²) >= 11 is 1.53. The number of nitrogens with zero attached hydrogens (tertiary/aromatic N) is 2. The number of thiophene rings is 1. The van der Waals surface area contributed by atoms with Crippen molar-refractivity contribution in [1.29, 1.82) is 0 Å². The van der Waals surface area contributed by atoms with Gasteiger partial charge in [0.1, 0.15) is 0 Å². The van der Waals surface area contributed by atoms with Gasteiger partial charge in [-0.3, -0.25) is 9.59 Å². The highest BCUT2D eigenvalue weighted by molar-refractivity contribution is 7.08. The van der Waals surface area contributed by atoms with Crippen LogP contribution in [0.15, 0.2) is 16.8 Å². The quantitative estimate of drug-likeness (QED) is 0.875. The Balaban J connectivity index is 1.46. The van der Waals surface area contributed by atoms with Gasteiger partial charge in [0.25, 0.3) is 5.91 Å². The van der Waals surface area contributed by atoms with Crippen molar-refractivity contribution in [3.63, 3.8) is 0 Å². The van der Waals surface area contributed by atoms with Crippen molar-refractivity contribution in [1.82, 2.24) is 15.1 Å². The fraction of sp³-hybridized carbons (Fsp3) is 0.600. The van der Waals surface area contributed by atoms with E-state index in [1.807, 2.05) is 26.6 Å². The number of hydrogen-bond acceptors (Lipinski definition) is 5. The van der Waals surface area contributed by atoms with Crippen LogP contribution in [0.4, 0.5) is 0 Å². The Morgan fingerprint density at radius 2 is 2.05 bits per heavy atom. The first-order valence-electron chi connectivity index (χ1n) is 7.64. The van der Waals surface area contributed by atoms with Crippen molar-refractivity contribution < 1.29 is 14.3 Å². The number of rotatable bonds is 3. The van der Waals surface area contributed by atoms with Gasteiger partial charge in [0.15, 0.2) is 0 Å². The number of hydrogen-bond donors (Lipinski definition) is 1. The molecule has 1 unspecified atom stereocenters. The van der Waals surface area contributed by atoms with Crippen LogP contribution in [0.3, 0.4) is 0 Å². The number of morpholine rings is 1. The minimum absolute atomic E-state index is 0.0655. The first-order valence-corrected chi connectivity index (χ1v) is 8.58. The van der Waals surface area contributed by atoms with Crippen molar-refractivity contribution in [2.45, 2.75) is 12.5 Å². The molecule has 0 bridgehead atoms. The standard InChI is InChI=1S/C15H21N3O3S/c19-14(9-13-10-21-7-2-16-13)17-3-5-18(6-4-17)15(20)12-1-8-22-11-12/h1,8,11,13,16H,2-7,9-10H2. The molecule has 22 heavy (non-hydrogen) atoms. The second-order valence-corrected chi connectivity index (χ2v) is 6.40. The molecule has 0 radical (unpaired) electrons. The third-order valence-electron chi connectivity index (χ3n) is 4.11. The molecule has 1 aromatic rings. The van der Waals surface area contributed by atoms with E-state index in [1.165, 1.54) is 11.3 Å². The molecule has 7 heteroatoms. The molecule has 2 amide bonds. The summed E-state index contributed by atoms with van der Waals surface area (Å²) in [5.74, 6) is 0.210. The number of nitrogens with one attached hydrogen (secondary N) is 1. The summed E-state index contributed by atoms with van der Waals surface area (Å²) < 4.78 is 5.38. The normalized spacial score (nSPS) is 22.6. The lowest BCUT2D eigenvalue weighted by Crippen LogP contribution is -2.52. The van der Waals surface area contributed by atoms with Crippen molar-refractivity contribution in [2.75, 3.05) is 45.9 Å². The zero-order valence-corrected chi connectivity index (χ0v) is 13.3. The lowest BCUT2D eigenvalue weighted by atomic mass is 10.1. The first-order chi connectivity index (χ1) is 10.7. The number of carbonyl (C=O) groups is 2. The Kier molecular flexibility index (Phi) is 5.07. The minimum atomic E-state index is 0.0655. The Hall–Kier alpha value is -1.44. The largest absolute Gasteiger partial charge is 0.378 e. The monoisotopic (exact) mass is 323 g/mol. The maximum absolute atomic E-state index is 12.3. The maximum Gasteiger partial charge on any atom is 0.254 e. The van der Waals surface area contributed by atoms with Crippen LogP contribution in [-0.4, -0.2) is 73.6 Å². The van der Waals surface area contributed by atoms with Crippen LogP contribution in [0.25, 0.3) is 0 Å². The minimum Gasteiger partial charge on any atom is -0.378 e. The van der Waals surface area contributed by atoms with Crippen LogP contribution in [0.5, 0.6) is 0 Å².